The Bertz CT molecular complexity index is 450. The fourth-order valence-corrected chi connectivity index (χ4v) is 2.40. The lowest BCUT2D eigenvalue weighted by molar-refractivity contribution is -0.136. The zero-order valence-corrected chi connectivity index (χ0v) is 16.7. The summed E-state index contributed by atoms with van der Waals surface area (Å²) in [6.07, 6.45) is 1.66. The van der Waals surface area contributed by atoms with Crippen LogP contribution in [0.5, 0.6) is 0 Å². The zero-order chi connectivity index (χ0) is 20.1. The van der Waals surface area contributed by atoms with Crippen LogP contribution in [0.4, 0.5) is 0 Å². The highest BCUT2D eigenvalue weighted by Crippen LogP contribution is 2.05. The van der Waals surface area contributed by atoms with Crippen molar-refractivity contribution in [1.29, 1.82) is 0 Å². The summed E-state index contributed by atoms with van der Waals surface area (Å²) in [5.74, 6) is -0.969. The second kappa shape index (κ2) is 13.8. The molecule has 0 fully saturated rings. The van der Waals surface area contributed by atoms with Crippen LogP contribution >= 0.6 is 11.8 Å². The lowest BCUT2D eigenvalue weighted by atomic mass is 10.1. The van der Waals surface area contributed by atoms with Crippen LogP contribution < -0.4 is 21.3 Å². The molecule has 0 aliphatic rings. The molecule has 1 unspecified atom stereocenters. The highest BCUT2D eigenvalue weighted by molar-refractivity contribution is 7.98. The smallest absolute Gasteiger partial charge is 0.317 e. The first kappa shape index (κ1) is 24.6. The first-order valence-electron chi connectivity index (χ1n) is 8.62. The molecule has 26 heavy (non-hydrogen) atoms. The van der Waals surface area contributed by atoms with Crippen LogP contribution in [0.15, 0.2) is 0 Å². The standard InChI is InChI=1S/C16H32N4O5S/c1-10(2)14(23)20-12(5-8-26-4)16(25)19-11(3)15(24)18-7-6-17-9-13(21)22/h10-12,14,17,20,23H,5-9H2,1-4H3,(H,18,24)(H,19,25)(H,21,22)/t11-,12-,14?/m0/s1. The minimum absolute atomic E-state index is 0.0430. The highest BCUT2D eigenvalue weighted by atomic mass is 32.2. The maximum absolute atomic E-state index is 12.4. The summed E-state index contributed by atoms with van der Waals surface area (Å²) in [7, 11) is 0. The number of carboxylic acids is 1. The van der Waals surface area contributed by atoms with Gasteiger partial charge in [-0.1, -0.05) is 13.8 Å². The monoisotopic (exact) mass is 392 g/mol. The highest BCUT2D eigenvalue weighted by Gasteiger charge is 2.25. The number of nitrogens with one attached hydrogen (secondary N) is 4. The van der Waals surface area contributed by atoms with E-state index in [1.807, 2.05) is 20.1 Å². The third kappa shape index (κ3) is 11.3. The number of hydrogen-bond acceptors (Lipinski definition) is 7. The molecule has 6 N–H and O–H groups in total. The van der Waals surface area contributed by atoms with Gasteiger partial charge in [0.2, 0.25) is 11.8 Å². The van der Waals surface area contributed by atoms with Gasteiger partial charge in [-0.15, -0.1) is 0 Å². The van der Waals surface area contributed by atoms with Crippen molar-refractivity contribution in [3.05, 3.63) is 0 Å². The number of aliphatic hydroxyl groups is 1. The summed E-state index contributed by atoms with van der Waals surface area (Å²) >= 11 is 1.60. The molecule has 152 valence electrons. The molecule has 2 amide bonds. The van der Waals surface area contributed by atoms with Gasteiger partial charge in [0.1, 0.15) is 12.3 Å². The quantitative estimate of drug-likeness (QED) is 0.163. The number of hydrogen-bond donors (Lipinski definition) is 6. The maximum atomic E-state index is 12.4. The maximum Gasteiger partial charge on any atom is 0.317 e. The molecule has 0 spiro atoms. The minimum Gasteiger partial charge on any atom is -0.480 e. The summed E-state index contributed by atoms with van der Waals surface area (Å²) < 4.78 is 0. The minimum atomic E-state index is -0.968. The zero-order valence-electron chi connectivity index (χ0n) is 15.9. The Morgan fingerprint density at radius 1 is 1.08 bits per heavy atom. The van der Waals surface area contributed by atoms with E-state index in [4.69, 9.17) is 5.11 Å². The summed E-state index contributed by atoms with van der Waals surface area (Å²) in [6, 6.07) is -1.33. The van der Waals surface area contributed by atoms with E-state index in [9.17, 15) is 19.5 Å². The molecular formula is C16H32N4O5S. The number of carbonyl (C=O) groups excluding carboxylic acids is 2. The number of carbonyl (C=O) groups is 3. The van der Waals surface area contributed by atoms with Crippen LogP contribution in [-0.4, -0.2) is 78.0 Å². The van der Waals surface area contributed by atoms with Gasteiger partial charge < -0.3 is 26.2 Å². The Balaban J connectivity index is 4.41. The van der Waals surface area contributed by atoms with Crippen LogP contribution in [0.25, 0.3) is 0 Å². The van der Waals surface area contributed by atoms with Gasteiger partial charge in [-0.2, -0.15) is 11.8 Å². The Morgan fingerprint density at radius 3 is 2.27 bits per heavy atom. The number of thioether (sulfide) groups is 1. The molecular weight excluding hydrogens is 360 g/mol. The SMILES string of the molecule is CSCC[C@H](NC(O)C(C)C)C(=O)N[C@@H](C)C(=O)NCCNCC(=O)O. The molecule has 0 aromatic heterocycles. The van der Waals surface area contributed by atoms with Crippen LogP contribution in [0, 0.1) is 5.92 Å². The Kier molecular flexibility index (Phi) is 13.1. The number of aliphatic carboxylic acids is 1. The fraction of sp³-hybridized carbons (Fsp3) is 0.812. The van der Waals surface area contributed by atoms with Crippen molar-refractivity contribution in [2.75, 3.05) is 31.6 Å². The predicted molar refractivity (Wildman–Crippen MR) is 102 cm³/mol. The first-order valence-corrected chi connectivity index (χ1v) is 10.0. The number of aliphatic hydroxyl groups excluding tert-OH is 1. The second-order valence-electron chi connectivity index (χ2n) is 6.28. The molecule has 0 saturated carbocycles. The van der Waals surface area contributed by atoms with Crippen molar-refractivity contribution < 1.29 is 24.6 Å². The number of rotatable bonds is 14. The number of carboxylic acid groups (broad SMARTS) is 1. The van der Waals surface area contributed by atoms with Gasteiger partial charge >= 0.3 is 5.97 Å². The van der Waals surface area contributed by atoms with E-state index in [0.29, 0.717) is 13.0 Å². The second-order valence-corrected chi connectivity index (χ2v) is 7.27. The lowest BCUT2D eigenvalue weighted by Crippen LogP contribution is -2.54. The molecule has 0 aromatic carbocycles. The van der Waals surface area contributed by atoms with Crippen LogP contribution in [0.3, 0.4) is 0 Å². The van der Waals surface area contributed by atoms with Crippen molar-refractivity contribution in [2.45, 2.75) is 45.5 Å². The topological polar surface area (TPSA) is 140 Å². The van der Waals surface area contributed by atoms with Gasteiger partial charge in [0.15, 0.2) is 0 Å². The van der Waals surface area contributed by atoms with Crippen molar-refractivity contribution in [1.82, 2.24) is 21.3 Å². The van der Waals surface area contributed by atoms with Crippen LogP contribution in [0.2, 0.25) is 0 Å². The van der Waals surface area contributed by atoms with Gasteiger partial charge in [0.25, 0.3) is 0 Å². The third-order valence-corrected chi connectivity index (χ3v) is 4.20. The van der Waals surface area contributed by atoms with E-state index in [0.717, 1.165) is 5.75 Å². The van der Waals surface area contributed by atoms with Crippen molar-refractivity contribution >= 4 is 29.5 Å². The molecule has 0 heterocycles. The Labute approximate surface area is 159 Å². The lowest BCUT2D eigenvalue weighted by Gasteiger charge is -2.25. The average molecular weight is 393 g/mol. The van der Waals surface area contributed by atoms with Crippen LogP contribution in [0.1, 0.15) is 27.2 Å². The average Bonchev–Trinajstić information content (AvgIpc) is 2.57. The Morgan fingerprint density at radius 2 is 1.73 bits per heavy atom. The van der Waals surface area contributed by atoms with Crippen LogP contribution in [-0.2, 0) is 14.4 Å². The largest absolute Gasteiger partial charge is 0.480 e. The summed E-state index contributed by atoms with van der Waals surface area (Å²) in [5.41, 5.74) is 0. The molecule has 0 aromatic rings. The molecule has 0 saturated heterocycles. The number of amides is 2. The van der Waals surface area contributed by atoms with Gasteiger partial charge in [-0.3, -0.25) is 19.7 Å². The van der Waals surface area contributed by atoms with Crippen molar-refractivity contribution in [3.8, 4) is 0 Å². The molecule has 0 aliphatic heterocycles. The predicted octanol–water partition coefficient (Wildman–Crippen LogP) is -1.03. The van der Waals surface area contributed by atoms with Gasteiger partial charge in [-0.05, 0) is 31.3 Å². The van der Waals surface area contributed by atoms with E-state index >= 15 is 0 Å². The third-order valence-electron chi connectivity index (χ3n) is 3.56. The van der Waals surface area contributed by atoms with E-state index in [1.165, 1.54) is 0 Å². The van der Waals surface area contributed by atoms with E-state index in [1.54, 1.807) is 18.7 Å². The van der Waals surface area contributed by atoms with E-state index in [2.05, 4.69) is 21.3 Å². The van der Waals surface area contributed by atoms with Crippen molar-refractivity contribution in [2.24, 2.45) is 5.92 Å². The van der Waals surface area contributed by atoms with Gasteiger partial charge in [-0.25, -0.2) is 0 Å². The molecule has 0 radical (unpaired) electrons. The summed E-state index contributed by atoms with van der Waals surface area (Å²) in [6.45, 7) is 5.65. The Hall–Kier alpha value is -1.36. The first-order chi connectivity index (χ1) is 12.2. The fourth-order valence-electron chi connectivity index (χ4n) is 1.93. The summed E-state index contributed by atoms with van der Waals surface area (Å²) in [4.78, 5) is 34.8. The van der Waals surface area contributed by atoms with E-state index in [-0.39, 0.29) is 30.8 Å². The van der Waals surface area contributed by atoms with Gasteiger partial charge in [0.05, 0.1) is 12.6 Å². The molecule has 0 bridgehead atoms. The van der Waals surface area contributed by atoms with Gasteiger partial charge in [0, 0.05) is 13.1 Å². The molecule has 10 heteroatoms. The molecule has 0 rings (SSSR count). The molecule has 3 atom stereocenters. The molecule has 0 aliphatic carbocycles. The summed E-state index contributed by atoms with van der Waals surface area (Å²) in [5, 5.41) is 29.3. The molecule has 9 nitrogen and oxygen atoms in total. The van der Waals surface area contributed by atoms with E-state index < -0.39 is 24.3 Å². The normalized spacial score (nSPS) is 14.5. The van der Waals surface area contributed by atoms with Crippen molar-refractivity contribution in [3.63, 3.8) is 0 Å².